The van der Waals surface area contributed by atoms with Gasteiger partial charge < -0.3 is 38.3 Å². The number of carbonyl (C=O) groups is 2. The van der Waals surface area contributed by atoms with Crippen molar-refractivity contribution in [2.75, 3.05) is 65.7 Å². The average molecular weight is 830 g/mol. The van der Waals surface area contributed by atoms with Crippen molar-refractivity contribution in [2.45, 2.75) is 64.8 Å². The van der Waals surface area contributed by atoms with Crippen LogP contribution in [-0.4, -0.2) is 112 Å². The summed E-state index contributed by atoms with van der Waals surface area (Å²) in [4.78, 5) is 34.7. The molecule has 59 heavy (non-hydrogen) atoms. The summed E-state index contributed by atoms with van der Waals surface area (Å²) in [6, 6.07) is 19.9. The summed E-state index contributed by atoms with van der Waals surface area (Å²) in [5, 5.41) is 19.7. The van der Waals surface area contributed by atoms with E-state index in [2.05, 4.69) is 33.6 Å². The molecule has 3 aromatic heterocycles. The second kappa shape index (κ2) is 22.3. The number of fused-ring (bicyclic) bond motifs is 1. The van der Waals surface area contributed by atoms with E-state index in [1.165, 1.54) is 5.56 Å². The van der Waals surface area contributed by atoms with Crippen molar-refractivity contribution < 1.29 is 43.5 Å². The van der Waals surface area contributed by atoms with Crippen molar-refractivity contribution in [1.29, 1.82) is 0 Å². The first kappa shape index (κ1) is 43.5. The van der Waals surface area contributed by atoms with Gasteiger partial charge in [0, 0.05) is 58.1 Å². The first-order valence-corrected chi connectivity index (χ1v) is 21.1. The van der Waals surface area contributed by atoms with E-state index in [0.29, 0.717) is 59.2 Å². The molecule has 0 spiro atoms. The zero-order valence-electron chi connectivity index (χ0n) is 33.9. The average Bonchev–Trinajstić information content (AvgIpc) is 3.88. The predicted octanol–water partition coefficient (Wildman–Crippen LogP) is 6.86. The number of morpholine rings is 2. The van der Waals surface area contributed by atoms with Crippen molar-refractivity contribution in [2.24, 2.45) is 0 Å². The molecular weight excluding hydrogens is 775 g/mol. The molecule has 14 nitrogen and oxygen atoms in total. The SMILES string of the molecule is CCCc1ncc(OCCCOc2ccc(C3CN(CCC(=O)O)CCO3)cc2)s1.Cc1ccc2nc(COc3ccc(C4CN(CCC(=O)O)CCO4)cc3)cn2c1. The molecule has 0 saturated carbocycles. The van der Waals surface area contributed by atoms with E-state index in [1.54, 1.807) is 17.5 Å². The Labute approximate surface area is 349 Å². The summed E-state index contributed by atoms with van der Waals surface area (Å²) >= 11 is 1.61. The summed E-state index contributed by atoms with van der Waals surface area (Å²) in [6.07, 6.45) is 8.95. The number of carboxylic acid groups (broad SMARTS) is 2. The van der Waals surface area contributed by atoms with Crippen molar-refractivity contribution in [3.8, 4) is 16.6 Å². The predicted molar refractivity (Wildman–Crippen MR) is 224 cm³/mol. The minimum atomic E-state index is -0.768. The molecule has 0 bridgehead atoms. The van der Waals surface area contributed by atoms with Crippen LogP contribution in [0.5, 0.6) is 16.6 Å². The Morgan fingerprint density at radius 3 is 1.98 bits per heavy atom. The van der Waals surface area contributed by atoms with Crippen LogP contribution < -0.4 is 14.2 Å². The number of nitrogens with zero attached hydrogens (tertiary/aromatic N) is 5. The maximum Gasteiger partial charge on any atom is 0.304 e. The molecule has 2 N–H and O–H groups in total. The van der Waals surface area contributed by atoms with Crippen molar-refractivity contribution in [1.82, 2.24) is 24.2 Å². The molecular formula is C44H55N5O9S. The molecule has 2 atom stereocenters. The summed E-state index contributed by atoms with van der Waals surface area (Å²) in [5.74, 6) is 0.0642. The number of imidazole rings is 1. The van der Waals surface area contributed by atoms with E-state index in [-0.39, 0.29) is 25.0 Å². The first-order valence-electron chi connectivity index (χ1n) is 20.3. The number of hydrogen-bond donors (Lipinski definition) is 2. The fourth-order valence-electron chi connectivity index (χ4n) is 6.77. The van der Waals surface area contributed by atoms with Gasteiger partial charge in [-0.2, -0.15) is 0 Å². The topological polar surface area (TPSA) is 157 Å². The third-order valence-electron chi connectivity index (χ3n) is 9.92. The molecule has 15 heteroatoms. The molecule has 2 unspecified atom stereocenters. The van der Waals surface area contributed by atoms with Crippen LogP contribution in [0.4, 0.5) is 0 Å². The third kappa shape index (κ3) is 14.0. The van der Waals surface area contributed by atoms with E-state index in [0.717, 1.165) is 76.4 Å². The van der Waals surface area contributed by atoms with Gasteiger partial charge in [-0.1, -0.05) is 48.6 Å². The van der Waals surface area contributed by atoms with Crippen LogP contribution in [0.15, 0.2) is 79.3 Å². The fourth-order valence-corrected chi connectivity index (χ4v) is 7.66. The molecule has 2 aliphatic heterocycles. The lowest BCUT2D eigenvalue weighted by Crippen LogP contribution is -2.39. The van der Waals surface area contributed by atoms with Gasteiger partial charge in [0.2, 0.25) is 0 Å². The Hall–Kier alpha value is -5.06. The number of benzene rings is 2. The number of ether oxygens (including phenoxy) is 5. The molecule has 5 aromatic rings. The monoisotopic (exact) mass is 829 g/mol. The van der Waals surface area contributed by atoms with Crippen LogP contribution in [0.2, 0.25) is 0 Å². The molecule has 2 fully saturated rings. The lowest BCUT2D eigenvalue weighted by molar-refractivity contribution is -0.138. The van der Waals surface area contributed by atoms with E-state index in [4.69, 9.17) is 33.9 Å². The summed E-state index contributed by atoms with van der Waals surface area (Å²) < 4.78 is 31.2. The van der Waals surface area contributed by atoms with Crippen molar-refractivity contribution in [3.63, 3.8) is 0 Å². The largest absolute Gasteiger partial charge is 0.493 e. The zero-order valence-corrected chi connectivity index (χ0v) is 34.7. The smallest absolute Gasteiger partial charge is 0.304 e. The first-order chi connectivity index (χ1) is 28.7. The third-order valence-corrected chi connectivity index (χ3v) is 10.9. The van der Waals surface area contributed by atoms with Crippen LogP contribution in [0.3, 0.4) is 0 Å². The Bertz CT molecular complexity index is 2060. The summed E-state index contributed by atoms with van der Waals surface area (Å²) in [5.41, 5.74) is 5.12. The maximum absolute atomic E-state index is 10.8. The molecule has 0 radical (unpaired) electrons. The number of thiazole rings is 1. The molecule has 2 aromatic carbocycles. The normalized spacial score (nSPS) is 17.3. The highest BCUT2D eigenvalue weighted by Gasteiger charge is 2.23. The molecule has 7 rings (SSSR count). The van der Waals surface area contributed by atoms with Crippen molar-refractivity contribution in [3.05, 3.63) is 107 Å². The van der Waals surface area contributed by atoms with Gasteiger partial charge in [-0.25, -0.2) is 9.97 Å². The molecule has 2 aliphatic rings. The summed E-state index contributed by atoms with van der Waals surface area (Å²) in [6.45, 7) is 11.1. The Balaban J connectivity index is 0.000000198. The molecule has 5 heterocycles. The van der Waals surface area contributed by atoms with E-state index < -0.39 is 11.9 Å². The summed E-state index contributed by atoms with van der Waals surface area (Å²) in [7, 11) is 0. The van der Waals surface area contributed by atoms with Gasteiger partial charge >= 0.3 is 11.9 Å². The Kier molecular flexibility index (Phi) is 16.5. The van der Waals surface area contributed by atoms with E-state index >= 15 is 0 Å². The number of aryl methyl sites for hydroxylation is 2. The number of hydrogen-bond acceptors (Lipinski definition) is 12. The Morgan fingerprint density at radius 1 is 0.797 bits per heavy atom. The highest BCUT2D eigenvalue weighted by molar-refractivity contribution is 7.13. The van der Waals surface area contributed by atoms with Gasteiger partial charge in [-0.15, -0.1) is 0 Å². The fraction of sp³-hybridized carbons (Fsp3) is 0.455. The highest BCUT2D eigenvalue weighted by Crippen LogP contribution is 2.27. The van der Waals surface area contributed by atoms with Gasteiger partial charge in [0.1, 0.15) is 23.8 Å². The van der Waals surface area contributed by atoms with Crippen LogP contribution in [0.1, 0.15) is 72.2 Å². The molecule has 2 saturated heterocycles. The van der Waals surface area contributed by atoms with Gasteiger partial charge in [-0.05, 0) is 66.8 Å². The van der Waals surface area contributed by atoms with Crippen LogP contribution >= 0.6 is 11.3 Å². The van der Waals surface area contributed by atoms with Crippen LogP contribution in [0, 0.1) is 6.92 Å². The lowest BCUT2D eigenvalue weighted by Gasteiger charge is -2.32. The van der Waals surface area contributed by atoms with E-state index in [1.807, 2.05) is 77.5 Å². The maximum atomic E-state index is 10.8. The Morgan fingerprint density at radius 2 is 1.39 bits per heavy atom. The van der Waals surface area contributed by atoms with Crippen LogP contribution in [-0.2, 0) is 32.1 Å². The van der Waals surface area contributed by atoms with Gasteiger partial charge in [0.15, 0.2) is 5.06 Å². The second-order valence-electron chi connectivity index (χ2n) is 14.6. The minimum Gasteiger partial charge on any atom is -0.493 e. The lowest BCUT2D eigenvalue weighted by atomic mass is 10.1. The van der Waals surface area contributed by atoms with Crippen molar-refractivity contribution >= 4 is 28.9 Å². The number of pyridine rings is 1. The molecule has 316 valence electrons. The minimum absolute atomic E-state index is 0.0352. The molecule has 0 aliphatic carbocycles. The van der Waals surface area contributed by atoms with Gasteiger partial charge in [0.25, 0.3) is 0 Å². The van der Waals surface area contributed by atoms with E-state index in [9.17, 15) is 9.59 Å². The highest BCUT2D eigenvalue weighted by atomic mass is 32.1. The number of aliphatic carboxylic acids is 2. The quantitative estimate of drug-likeness (QED) is 0.0833. The second-order valence-corrected chi connectivity index (χ2v) is 15.7. The standard InChI is InChI=1S/C22H25N3O4.C22H30N2O5S/c1-16-2-7-21-23-18(13-25(21)12-16)15-29-19-5-3-17(4-6-19)20-14-24(10-11-28-20)9-8-22(26)27;1-2-4-20-23-15-22(30-20)29-13-3-12-27-18-7-5-17(6-8-18)19-16-24(11-14-28-19)10-9-21(25)26/h2-7,12-13,20H,8-11,14-15H2,1H3,(H,26,27);5-8,15,19H,2-4,9-14,16H2,1H3,(H,25,26). The number of aromatic nitrogens is 3. The number of carboxylic acids is 2. The van der Waals surface area contributed by atoms with Gasteiger partial charge in [0.05, 0.1) is 68.4 Å². The van der Waals surface area contributed by atoms with Gasteiger partial charge in [-0.3, -0.25) is 19.4 Å². The van der Waals surface area contributed by atoms with Crippen LogP contribution in [0.25, 0.3) is 5.65 Å². The number of rotatable bonds is 19. The zero-order chi connectivity index (χ0) is 41.4. The molecule has 0 amide bonds.